The second kappa shape index (κ2) is 11.1. The van der Waals surface area contributed by atoms with Gasteiger partial charge in [-0.25, -0.2) is 8.42 Å². The molecular formula is C26H32ClN5O4S. The average Bonchev–Trinajstić information content (AvgIpc) is 2.88. The Morgan fingerprint density at radius 1 is 1.05 bits per heavy atom. The molecule has 11 heteroatoms. The van der Waals surface area contributed by atoms with Crippen molar-refractivity contribution in [1.29, 1.82) is 0 Å². The monoisotopic (exact) mass is 545 g/mol. The summed E-state index contributed by atoms with van der Waals surface area (Å²) in [7, 11) is 0.573. The first-order valence-corrected chi connectivity index (χ1v) is 14.0. The molecule has 0 unspecified atom stereocenters. The van der Waals surface area contributed by atoms with Gasteiger partial charge in [0.1, 0.15) is 12.3 Å². The maximum atomic E-state index is 13.6. The van der Waals surface area contributed by atoms with Gasteiger partial charge in [-0.05, 0) is 49.7 Å². The van der Waals surface area contributed by atoms with Crippen molar-refractivity contribution < 1.29 is 13.2 Å². The summed E-state index contributed by atoms with van der Waals surface area (Å²) in [4.78, 5) is 17.6. The molecule has 4 rings (SSSR count). The van der Waals surface area contributed by atoms with E-state index < -0.39 is 20.8 Å². The molecule has 0 N–H and O–H groups in total. The van der Waals surface area contributed by atoms with Gasteiger partial charge in [0.2, 0.25) is 15.8 Å². The summed E-state index contributed by atoms with van der Waals surface area (Å²) in [6, 6.07) is 14.8. The minimum absolute atomic E-state index is 0.158. The molecule has 2 aromatic carbocycles. The molecule has 198 valence electrons. The number of ether oxygens (including phenoxy) is 1. The van der Waals surface area contributed by atoms with Crippen LogP contribution in [0.4, 0.5) is 11.4 Å². The van der Waals surface area contributed by atoms with E-state index in [2.05, 4.69) is 5.10 Å². The SMILES string of the molecule is CC(C)S(=O)(=O)N1CCN(c2cnn(-c3cccc(Cl)c3)c(=O)c2OCc2cccc(N(C)C)c2)CC1. The zero-order chi connectivity index (χ0) is 26.7. The van der Waals surface area contributed by atoms with Gasteiger partial charge >= 0.3 is 5.56 Å². The average molecular weight is 546 g/mol. The van der Waals surface area contributed by atoms with E-state index in [4.69, 9.17) is 16.3 Å². The number of aromatic nitrogens is 2. The Labute approximate surface area is 222 Å². The van der Waals surface area contributed by atoms with Gasteiger partial charge in [0.05, 0.1) is 17.1 Å². The summed E-state index contributed by atoms with van der Waals surface area (Å²) in [5.74, 6) is 0.158. The fraction of sp³-hybridized carbons (Fsp3) is 0.385. The molecular weight excluding hydrogens is 514 g/mol. The lowest BCUT2D eigenvalue weighted by atomic mass is 10.2. The van der Waals surface area contributed by atoms with E-state index >= 15 is 0 Å². The van der Waals surface area contributed by atoms with Crippen LogP contribution in [-0.4, -0.2) is 68.0 Å². The highest BCUT2D eigenvalue weighted by atomic mass is 35.5. The van der Waals surface area contributed by atoms with E-state index in [-0.39, 0.29) is 12.4 Å². The molecule has 0 aliphatic carbocycles. The van der Waals surface area contributed by atoms with Crippen LogP contribution >= 0.6 is 11.6 Å². The molecule has 0 spiro atoms. The fourth-order valence-corrected chi connectivity index (χ4v) is 5.60. The highest BCUT2D eigenvalue weighted by Crippen LogP contribution is 2.28. The maximum Gasteiger partial charge on any atom is 0.316 e. The number of hydrogen-bond acceptors (Lipinski definition) is 7. The van der Waals surface area contributed by atoms with Crippen LogP contribution in [0.1, 0.15) is 19.4 Å². The second-order valence-corrected chi connectivity index (χ2v) is 12.3. The minimum Gasteiger partial charge on any atom is -0.481 e. The van der Waals surface area contributed by atoms with E-state index in [0.29, 0.717) is 42.6 Å². The van der Waals surface area contributed by atoms with Crippen molar-refractivity contribution in [3.8, 4) is 11.4 Å². The zero-order valence-corrected chi connectivity index (χ0v) is 23.0. The van der Waals surface area contributed by atoms with Crippen molar-refractivity contribution in [1.82, 2.24) is 14.1 Å². The Morgan fingerprint density at radius 2 is 1.76 bits per heavy atom. The molecule has 1 aromatic heterocycles. The minimum atomic E-state index is -3.35. The van der Waals surface area contributed by atoms with Gasteiger partial charge < -0.3 is 14.5 Å². The van der Waals surface area contributed by atoms with Crippen molar-refractivity contribution in [2.75, 3.05) is 50.1 Å². The van der Waals surface area contributed by atoms with Gasteiger partial charge in [0.25, 0.3) is 0 Å². The van der Waals surface area contributed by atoms with Crippen molar-refractivity contribution in [3.63, 3.8) is 0 Å². The number of nitrogens with zero attached hydrogens (tertiary/aromatic N) is 5. The lowest BCUT2D eigenvalue weighted by molar-refractivity contribution is 0.297. The standard InChI is InChI=1S/C26H32ClN5O4S/c1-19(2)37(34,35)31-13-11-30(12-14-31)24-17-28-32(23-10-6-8-21(27)16-23)26(33)25(24)36-18-20-7-5-9-22(15-20)29(3)4/h5-10,15-17,19H,11-14,18H2,1-4H3. The molecule has 37 heavy (non-hydrogen) atoms. The first kappa shape index (κ1) is 27.0. The number of benzene rings is 2. The number of halogens is 1. The summed E-state index contributed by atoms with van der Waals surface area (Å²) in [6.45, 7) is 5.02. The molecule has 1 aliphatic heterocycles. The molecule has 0 bridgehead atoms. The Bertz CT molecular complexity index is 1420. The molecule has 1 fully saturated rings. The molecule has 0 radical (unpaired) electrons. The fourth-order valence-electron chi connectivity index (χ4n) is 4.14. The van der Waals surface area contributed by atoms with Crippen molar-refractivity contribution in [2.24, 2.45) is 0 Å². The number of rotatable bonds is 8. The molecule has 0 amide bonds. The van der Waals surface area contributed by atoms with Gasteiger partial charge in [0, 0.05) is 51.0 Å². The molecule has 9 nitrogen and oxygen atoms in total. The van der Waals surface area contributed by atoms with Gasteiger partial charge in [-0.3, -0.25) is 4.79 Å². The van der Waals surface area contributed by atoms with Crippen LogP contribution in [0, 0.1) is 0 Å². The Hall–Kier alpha value is -3.08. The van der Waals surface area contributed by atoms with E-state index in [0.717, 1.165) is 11.3 Å². The van der Waals surface area contributed by atoms with Gasteiger partial charge in [0.15, 0.2) is 0 Å². The number of hydrogen-bond donors (Lipinski definition) is 0. The van der Waals surface area contributed by atoms with Crippen LogP contribution in [0.25, 0.3) is 5.69 Å². The third-order valence-corrected chi connectivity index (χ3v) is 8.82. The lowest BCUT2D eigenvalue weighted by Crippen LogP contribution is -2.50. The van der Waals surface area contributed by atoms with E-state index in [9.17, 15) is 13.2 Å². The van der Waals surface area contributed by atoms with Gasteiger partial charge in [-0.1, -0.05) is 29.8 Å². The van der Waals surface area contributed by atoms with Crippen LogP contribution < -0.4 is 20.1 Å². The van der Waals surface area contributed by atoms with Gasteiger partial charge in [-0.2, -0.15) is 14.1 Å². The topological polar surface area (TPSA) is 88.0 Å². The van der Waals surface area contributed by atoms with Crippen LogP contribution in [0.3, 0.4) is 0 Å². The van der Waals surface area contributed by atoms with E-state index in [1.165, 1.54) is 8.99 Å². The van der Waals surface area contributed by atoms with Crippen molar-refractivity contribution in [3.05, 3.63) is 75.7 Å². The van der Waals surface area contributed by atoms with Gasteiger partial charge in [-0.15, -0.1) is 0 Å². The summed E-state index contributed by atoms with van der Waals surface area (Å²) in [5.41, 5.74) is 2.58. The first-order chi connectivity index (χ1) is 17.6. The third-order valence-electron chi connectivity index (χ3n) is 6.31. The maximum absolute atomic E-state index is 13.6. The number of anilines is 2. The predicted molar refractivity (Wildman–Crippen MR) is 148 cm³/mol. The van der Waals surface area contributed by atoms with Crippen LogP contribution in [-0.2, 0) is 16.6 Å². The summed E-state index contributed by atoms with van der Waals surface area (Å²) >= 11 is 6.15. The Balaban J connectivity index is 1.67. The second-order valence-electron chi connectivity index (χ2n) is 9.39. The Morgan fingerprint density at radius 3 is 2.41 bits per heavy atom. The normalized spacial score (nSPS) is 14.7. The first-order valence-electron chi connectivity index (χ1n) is 12.1. The summed E-state index contributed by atoms with van der Waals surface area (Å²) in [6.07, 6.45) is 1.60. The highest BCUT2D eigenvalue weighted by Gasteiger charge is 2.31. The van der Waals surface area contributed by atoms with Crippen molar-refractivity contribution >= 4 is 33.0 Å². The molecule has 2 heterocycles. The van der Waals surface area contributed by atoms with E-state index in [1.807, 2.05) is 48.2 Å². The Kier molecular flexibility index (Phi) is 8.11. The van der Waals surface area contributed by atoms with Crippen molar-refractivity contribution in [2.45, 2.75) is 25.7 Å². The molecule has 3 aromatic rings. The molecule has 1 aliphatic rings. The molecule has 1 saturated heterocycles. The lowest BCUT2D eigenvalue weighted by Gasteiger charge is -2.36. The number of sulfonamides is 1. The van der Waals surface area contributed by atoms with Crippen LogP contribution in [0.5, 0.6) is 5.75 Å². The summed E-state index contributed by atoms with van der Waals surface area (Å²) < 4.78 is 34.2. The number of piperazine rings is 1. The third kappa shape index (κ3) is 5.92. The quantitative estimate of drug-likeness (QED) is 0.429. The summed E-state index contributed by atoms with van der Waals surface area (Å²) in [5, 5.41) is 4.40. The largest absolute Gasteiger partial charge is 0.481 e. The molecule has 0 atom stereocenters. The van der Waals surface area contributed by atoms with E-state index in [1.54, 1.807) is 44.3 Å². The van der Waals surface area contributed by atoms with Crippen LogP contribution in [0.2, 0.25) is 5.02 Å². The van der Waals surface area contributed by atoms with Crippen LogP contribution in [0.15, 0.2) is 59.5 Å². The highest BCUT2D eigenvalue weighted by molar-refractivity contribution is 7.89. The molecule has 0 saturated carbocycles. The zero-order valence-electron chi connectivity index (χ0n) is 21.5. The predicted octanol–water partition coefficient (Wildman–Crippen LogP) is 3.39. The smallest absolute Gasteiger partial charge is 0.316 e.